The molecule has 1 heteroatoms. The van der Waals surface area contributed by atoms with E-state index in [-0.39, 0.29) is 0 Å². The molecule has 0 aromatic rings. The van der Waals surface area contributed by atoms with Crippen LogP contribution in [-0.4, -0.2) is 12.6 Å². The lowest BCUT2D eigenvalue weighted by Gasteiger charge is -2.13. The van der Waals surface area contributed by atoms with Crippen molar-refractivity contribution in [2.75, 3.05) is 6.54 Å². The number of hydrogen-bond donors (Lipinski definition) is 1. The second-order valence-corrected chi connectivity index (χ2v) is 4.52. The molecule has 1 N–H and O–H groups in total. The molecular formula is C13H27N. The highest BCUT2D eigenvalue weighted by Crippen LogP contribution is 2.17. The minimum Gasteiger partial charge on any atom is -0.315 e. The Labute approximate surface area is 90.0 Å². The molecule has 0 heterocycles. The van der Waals surface area contributed by atoms with Gasteiger partial charge in [0.05, 0.1) is 0 Å². The first kappa shape index (κ1) is 13.7. The van der Waals surface area contributed by atoms with Crippen LogP contribution in [0.1, 0.15) is 53.4 Å². The zero-order valence-corrected chi connectivity index (χ0v) is 10.4. The molecule has 0 bridgehead atoms. The van der Waals surface area contributed by atoms with Crippen LogP contribution in [0.25, 0.3) is 0 Å². The average Bonchev–Trinajstić information content (AvgIpc) is 2.15. The van der Waals surface area contributed by atoms with Gasteiger partial charge >= 0.3 is 0 Å². The number of nitrogens with one attached hydrogen (secondary N) is 1. The van der Waals surface area contributed by atoms with Gasteiger partial charge in [-0.25, -0.2) is 0 Å². The Morgan fingerprint density at radius 3 is 2.36 bits per heavy atom. The molecule has 0 aliphatic heterocycles. The highest BCUT2D eigenvalue weighted by molar-refractivity contribution is 4.97. The monoisotopic (exact) mass is 197 g/mol. The van der Waals surface area contributed by atoms with Crippen LogP contribution in [0, 0.1) is 5.92 Å². The molecule has 0 radical (unpaired) electrons. The van der Waals surface area contributed by atoms with Crippen LogP contribution >= 0.6 is 0 Å². The Morgan fingerprint density at radius 1 is 1.21 bits per heavy atom. The van der Waals surface area contributed by atoms with Crippen molar-refractivity contribution in [1.82, 2.24) is 5.32 Å². The molecule has 1 nitrogen and oxygen atoms in total. The number of unbranched alkanes of at least 4 members (excludes halogenated alkanes) is 1. The molecule has 0 aromatic carbocycles. The van der Waals surface area contributed by atoms with Gasteiger partial charge in [0.25, 0.3) is 0 Å². The lowest BCUT2D eigenvalue weighted by molar-refractivity contribution is 0.509. The Bertz CT molecular complexity index is 149. The zero-order valence-electron chi connectivity index (χ0n) is 10.4. The van der Waals surface area contributed by atoms with Crippen molar-refractivity contribution in [3.63, 3.8) is 0 Å². The van der Waals surface area contributed by atoms with E-state index in [1.54, 1.807) is 0 Å². The largest absolute Gasteiger partial charge is 0.315 e. The van der Waals surface area contributed by atoms with Gasteiger partial charge in [-0.15, -0.1) is 0 Å². The van der Waals surface area contributed by atoms with Crippen molar-refractivity contribution in [3.8, 4) is 0 Å². The maximum atomic E-state index is 4.08. The maximum absolute atomic E-state index is 4.08. The van der Waals surface area contributed by atoms with E-state index in [1.807, 2.05) is 0 Å². The summed E-state index contributed by atoms with van der Waals surface area (Å²) in [5, 5.41) is 3.44. The van der Waals surface area contributed by atoms with E-state index < -0.39 is 0 Å². The summed E-state index contributed by atoms with van der Waals surface area (Å²) >= 11 is 0. The van der Waals surface area contributed by atoms with Crippen LogP contribution in [0.15, 0.2) is 12.2 Å². The summed E-state index contributed by atoms with van der Waals surface area (Å²) in [6.45, 7) is 14.1. The summed E-state index contributed by atoms with van der Waals surface area (Å²) in [6, 6.07) is 0.623. The van der Waals surface area contributed by atoms with Crippen LogP contribution in [0.5, 0.6) is 0 Å². The van der Waals surface area contributed by atoms with Crippen molar-refractivity contribution in [2.24, 2.45) is 5.92 Å². The van der Waals surface area contributed by atoms with Gasteiger partial charge in [0.1, 0.15) is 0 Å². The van der Waals surface area contributed by atoms with Crippen molar-refractivity contribution in [1.29, 1.82) is 0 Å². The maximum Gasteiger partial charge on any atom is 0.00103 e. The average molecular weight is 197 g/mol. The SMILES string of the molecule is C=C(CC)C(C)CCCCNC(C)C. The lowest BCUT2D eigenvalue weighted by atomic mass is 9.95. The zero-order chi connectivity index (χ0) is 11.0. The van der Waals surface area contributed by atoms with Gasteiger partial charge in [0.15, 0.2) is 0 Å². The van der Waals surface area contributed by atoms with E-state index in [0.29, 0.717) is 12.0 Å². The van der Waals surface area contributed by atoms with Crippen LogP contribution in [0.3, 0.4) is 0 Å². The summed E-state index contributed by atoms with van der Waals surface area (Å²) in [5.74, 6) is 0.707. The molecule has 0 aliphatic carbocycles. The molecule has 84 valence electrons. The summed E-state index contributed by atoms with van der Waals surface area (Å²) in [5.41, 5.74) is 1.40. The third-order valence-corrected chi connectivity index (χ3v) is 2.77. The second kappa shape index (κ2) is 8.05. The van der Waals surface area contributed by atoms with Gasteiger partial charge in [-0.1, -0.05) is 46.3 Å². The summed E-state index contributed by atoms with van der Waals surface area (Å²) < 4.78 is 0. The molecule has 0 amide bonds. The normalized spacial score (nSPS) is 13.2. The molecule has 0 saturated carbocycles. The van der Waals surface area contributed by atoms with E-state index >= 15 is 0 Å². The predicted octanol–water partition coefficient (Wildman–Crippen LogP) is 3.76. The molecule has 0 aromatic heterocycles. The van der Waals surface area contributed by atoms with Crippen molar-refractivity contribution >= 4 is 0 Å². The molecule has 14 heavy (non-hydrogen) atoms. The van der Waals surface area contributed by atoms with Gasteiger partial charge in [-0.05, 0) is 31.7 Å². The molecule has 0 saturated heterocycles. The first-order valence-corrected chi connectivity index (χ1v) is 5.99. The Hall–Kier alpha value is -0.300. The third kappa shape index (κ3) is 7.14. The molecule has 1 unspecified atom stereocenters. The number of allylic oxidation sites excluding steroid dienone is 1. The first-order chi connectivity index (χ1) is 6.57. The fraction of sp³-hybridized carbons (Fsp3) is 0.846. The van der Waals surface area contributed by atoms with E-state index in [2.05, 4.69) is 39.6 Å². The summed E-state index contributed by atoms with van der Waals surface area (Å²) in [7, 11) is 0. The van der Waals surface area contributed by atoms with Gasteiger partial charge in [-0.3, -0.25) is 0 Å². The third-order valence-electron chi connectivity index (χ3n) is 2.77. The quantitative estimate of drug-likeness (QED) is 0.461. The van der Waals surface area contributed by atoms with Gasteiger partial charge < -0.3 is 5.32 Å². The Morgan fingerprint density at radius 2 is 1.86 bits per heavy atom. The van der Waals surface area contributed by atoms with E-state index in [4.69, 9.17) is 0 Å². The van der Waals surface area contributed by atoms with Crippen molar-refractivity contribution < 1.29 is 0 Å². The first-order valence-electron chi connectivity index (χ1n) is 5.99. The Kier molecular flexibility index (Phi) is 7.87. The lowest BCUT2D eigenvalue weighted by Crippen LogP contribution is -2.23. The highest BCUT2D eigenvalue weighted by Gasteiger charge is 2.03. The Balaban J connectivity index is 3.31. The highest BCUT2D eigenvalue weighted by atomic mass is 14.9. The number of rotatable bonds is 8. The van der Waals surface area contributed by atoms with Gasteiger partial charge in [0.2, 0.25) is 0 Å². The van der Waals surface area contributed by atoms with Gasteiger partial charge in [-0.2, -0.15) is 0 Å². The second-order valence-electron chi connectivity index (χ2n) is 4.52. The predicted molar refractivity (Wildman–Crippen MR) is 65.6 cm³/mol. The molecule has 0 rings (SSSR count). The van der Waals surface area contributed by atoms with Crippen LogP contribution in [0.2, 0.25) is 0 Å². The van der Waals surface area contributed by atoms with E-state index in [0.717, 1.165) is 13.0 Å². The van der Waals surface area contributed by atoms with Crippen molar-refractivity contribution in [3.05, 3.63) is 12.2 Å². The van der Waals surface area contributed by atoms with Crippen LogP contribution in [0.4, 0.5) is 0 Å². The number of hydrogen-bond acceptors (Lipinski definition) is 1. The topological polar surface area (TPSA) is 12.0 Å². The fourth-order valence-corrected chi connectivity index (χ4v) is 1.52. The summed E-state index contributed by atoms with van der Waals surface area (Å²) in [4.78, 5) is 0. The molecule has 0 fully saturated rings. The van der Waals surface area contributed by atoms with Crippen LogP contribution < -0.4 is 5.32 Å². The van der Waals surface area contributed by atoms with Gasteiger partial charge in [0, 0.05) is 6.04 Å². The van der Waals surface area contributed by atoms with E-state index in [1.165, 1.54) is 24.8 Å². The van der Waals surface area contributed by atoms with Crippen molar-refractivity contribution in [2.45, 2.75) is 59.4 Å². The molecule has 1 atom stereocenters. The molecular weight excluding hydrogens is 170 g/mol. The van der Waals surface area contributed by atoms with E-state index in [9.17, 15) is 0 Å². The molecule has 0 aliphatic rings. The minimum atomic E-state index is 0.623. The molecule has 0 spiro atoms. The van der Waals surface area contributed by atoms with Crippen LogP contribution in [-0.2, 0) is 0 Å². The summed E-state index contributed by atoms with van der Waals surface area (Å²) in [6.07, 6.45) is 5.04. The minimum absolute atomic E-state index is 0.623. The standard InChI is InChI=1S/C13H27N/c1-6-12(4)13(5)9-7-8-10-14-11(2)3/h11,13-14H,4,6-10H2,1-3,5H3. The smallest absolute Gasteiger partial charge is 0.00103 e. The fourth-order valence-electron chi connectivity index (χ4n) is 1.52.